The Kier molecular flexibility index (Phi) is 4.07. The Hall–Kier alpha value is -0.610. The van der Waals surface area contributed by atoms with Crippen LogP contribution in [0.1, 0.15) is 27.2 Å². The van der Waals surface area contributed by atoms with Gasteiger partial charge in [-0.3, -0.25) is 4.89 Å². The highest BCUT2D eigenvalue weighted by atomic mass is 17.2. The van der Waals surface area contributed by atoms with Gasteiger partial charge in [0.25, 0.3) is 0 Å². The Morgan fingerprint density at radius 2 is 2.00 bits per heavy atom. The van der Waals surface area contributed by atoms with Crippen LogP contribution in [0.5, 0.6) is 0 Å². The minimum Gasteiger partial charge on any atom is -0.350 e. The maximum absolute atomic E-state index is 10.6. The summed E-state index contributed by atoms with van der Waals surface area (Å²) in [6.45, 7) is 4.98. The second-order valence-corrected chi connectivity index (χ2v) is 2.50. The zero-order chi connectivity index (χ0) is 8.91. The lowest BCUT2D eigenvalue weighted by Gasteiger charge is -2.20. The van der Waals surface area contributed by atoms with Crippen molar-refractivity contribution in [3.8, 4) is 0 Å². The van der Waals surface area contributed by atoms with Crippen molar-refractivity contribution in [2.45, 2.75) is 33.0 Å². The van der Waals surface area contributed by atoms with E-state index in [1.165, 1.54) is 7.11 Å². The minimum atomic E-state index is -0.870. The minimum absolute atomic E-state index is 0.291. The third-order valence-corrected chi connectivity index (χ3v) is 1.12. The molecule has 11 heavy (non-hydrogen) atoms. The first-order valence-corrected chi connectivity index (χ1v) is 3.45. The first-order chi connectivity index (χ1) is 5.02. The number of carbonyl (C=O) groups excluding carboxylic acids is 1. The van der Waals surface area contributed by atoms with E-state index >= 15 is 0 Å². The Bertz CT molecular complexity index is 130. The summed E-state index contributed by atoms with van der Waals surface area (Å²) in [6, 6.07) is 0. The van der Waals surface area contributed by atoms with Gasteiger partial charge in [-0.1, -0.05) is 6.92 Å². The molecule has 0 fully saturated rings. The molecule has 0 atom stereocenters. The Balaban J connectivity index is 3.61. The average Bonchev–Trinajstić information content (AvgIpc) is 2.00. The van der Waals surface area contributed by atoms with Crippen LogP contribution in [0.4, 0.5) is 0 Å². The summed E-state index contributed by atoms with van der Waals surface area (Å²) in [4.78, 5) is 19.6. The zero-order valence-corrected chi connectivity index (χ0v) is 7.34. The molecule has 0 saturated heterocycles. The van der Waals surface area contributed by atoms with Crippen LogP contribution in [0.2, 0.25) is 0 Å². The maximum atomic E-state index is 10.6. The highest BCUT2D eigenvalue weighted by Crippen LogP contribution is 2.09. The van der Waals surface area contributed by atoms with Gasteiger partial charge in [0.15, 0.2) is 0 Å². The van der Waals surface area contributed by atoms with E-state index in [0.29, 0.717) is 6.42 Å². The van der Waals surface area contributed by atoms with Gasteiger partial charge in [-0.15, -0.1) is 0 Å². The van der Waals surface area contributed by atoms with Gasteiger partial charge in [-0.25, -0.2) is 4.79 Å². The van der Waals surface area contributed by atoms with Crippen molar-refractivity contribution in [3.05, 3.63) is 0 Å². The summed E-state index contributed by atoms with van der Waals surface area (Å²) in [6.07, 6.45) is 0.291. The second-order valence-electron chi connectivity index (χ2n) is 2.50. The number of hydrogen-bond donors (Lipinski definition) is 0. The molecule has 0 aromatic heterocycles. The number of rotatable bonds is 4. The monoisotopic (exact) mass is 162 g/mol. The van der Waals surface area contributed by atoms with E-state index in [1.54, 1.807) is 20.8 Å². The number of carbonyl (C=O) groups is 1. The first-order valence-electron chi connectivity index (χ1n) is 3.45. The van der Waals surface area contributed by atoms with Crippen molar-refractivity contribution in [3.63, 3.8) is 0 Å². The highest BCUT2D eigenvalue weighted by molar-refractivity contribution is 5.68. The maximum Gasteiger partial charge on any atom is 0.342 e. The van der Waals surface area contributed by atoms with E-state index in [4.69, 9.17) is 4.74 Å². The molecule has 0 N–H and O–H groups in total. The molecule has 0 aliphatic carbocycles. The normalized spacial score (nSPS) is 11.3. The van der Waals surface area contributed by atoms with Crippen molar-refractivity contribution in [1.82, 2.24) is 0 Å². The van der Waals surface area contributed by atoms with Gasteiger partial charge in [0.1, 0.15) is 0 Å². The molecular weight excluding hydrogens is 148 g/mol. The highest BCUT2D eigenvalue weighted by Gasteiger charge is 2.20. The lowest BCUT2D eigenvalue weighted by atomic mass is 10.4. The summed E-state index contributed by atoms with van der Waals surface area (Å²) in [5, 5.41) is 0. The average molecular weight is 162 g/mol. The predicted molar refractivity (Wildman–Crippen MR) is 38.6 cm³/mol. The summed E-state index contributed by atoms with van der Waals surface area (Å²) in [7, 11) is 1.47. The molecule has 0 aromatic carbocycles. The SMILES string of the molecule is CCC(=O)OOC(C)(C)OC. The molecule has 0 amide bonds. The van der Waals surface area contributed by atoms with Crippen molar-refractivity contribution < 1.29 is 19.3 Å². The van der Waals surface area contributed by atoms with E-state index in [9.17, 15) is 4.79 Å². The molecule has 0 bridgehead atoms. The third-order valence-electron chi connectivity index (χ3n) is 1.12. The number of hydrogen-bond acceptors (Lipinski definition) is 4. The first kappa shape index (κ1) is 10.4. The van der Waals surface area contributed by atoms with Crippen LogP contribution in [0.15, 0.2) is 0 Å². The van der Waals surface area contributed by atoms with Gasteiger partial charge >= 0.3 is 5.97 Å². The van der Waals surface area contributed by atoms with Crippen LogP contribution in [0, 0.1) is 0 Å². The van der Waals surface area contributed by atoms with E-state index < -0.39 is 11.8 Å². The molecule has 0 aliphatic heterocycles. The molecule has 0 spiro atoms. The van der Waals surface area contributed by atoms with Crippen LogP contribution in [-0.4, -0.2) is 18.9 Å². The van der Waals surface area contributed by atoms with Gasteiger partial charge in [-0.2, -0.15) is 4.89 Å². The molecule has 0 aliphatic rings. The van der Waals surface area contributed by atoms with Crippen LogP contribution >= 0.6 is 0 Å². The number of methoxy groups -OCH3 is 1. The zero-order valence-electron chi connectivity index (χ0n) is 7.34. The third kappa shape index (κ3) is 4.75. The van der Waals surface area contributed by atoms with Gasteiger partial charge in [0.05, 0.1) is 0 Å². The molecule has 0 heterocycles. The fourth-order valence-electron chi connectivity index (χ4n) is 0.240. The summed E-state index contributed by atoms with van der Waals surface area (Å²) < 4.78 is 4.83. The topological polar surface area (TPSA) is 44.8 Å². The van der Waals surface area contributed by atoms with Crippen molar-refractivity contribution in [2.75, 3.05) is 7.11 Å². The van der Waals surface area contributed by atoms with Crippen molar-refractivity contribution >= 4 is 5.97 Å². The summed E-state index contributed by atoms with van der Waals surface area (Å²) in [5.74, 6) is -1.28. The van der Waals surface area contributed by atoms with Gasteiger partial charge in [0, 0.05) is 13.5 Å². The second kappa shape index (κ2) is 4.31. The molecule has 4 heteroatoms. The number of ether oxygens (including phenoxy) is 1. The van der Waals surface area contributed by atoms with Gasteiger partial charge in [-0.05, 0) is 13.8 Å². The Morgan fingerprint density at radius 1 is 1.45 bits per heavy atom. The van der Waals surface area contributed by atoms with E-state index in [1.807, 2.05) is 0 Å². The van der Waals surface area contributed by atoms with Crippen molar-refractivity contribution in [1.29, 1.82) is 0 Å². The van der Waals surface area contributed by atoms with Crippen LogP contribution < -0.4 is 0 Å². The fraction of sp³-hybridized carbons (Fsp3) is 0.857. The lowest BCUT2D eigenvalue weighted by Crippen LogP contribution is -2.28. The van der Waals surface area contributed by atoms with Crippen LogP contribution in [0.25, 0.3) is 0 Å². The Labute approximate surface area is 66.4 Å². The summed E-state index contributed by atoms with van der Waals surface area (Å²) in [5.41, 5.74) is 0. The standard InChI is InChI=1S/C7H14O4/c1-5-6(8)10-11-7(2,3)9-4/h5H2,1-4H3. The Morgan fingerprint density at radius 3 is 2.36 bits per heavy atom. The smallest absolute Gasteiger partial charge is 0.342 e. The summed E-state index contributed by atoms with van der Waals surface area (Å²) >= 11 is 0. The van der Waals surface area contributed by atoms with Gasteiger partial charge < -0.3 is 4.74 Å². The molecule has 0 rings (SSSR count). The molecule has 0 saturated carbocycles. The van der Waals surface area contributed by atoms with Crippen LogP contribution in [0.3, 0.4) is 0 Å². The van der Waals surface area contributed by atoms with Crippen LogP contribution in [-0.2, 0) is 19.3 Å². The molecule has 66 valence electrons. The quantitative estimate of drug-likeness (QED) is 0.354. The van der Waals surface area contributed by atoms with E-state index in [0.717, 1.165) is 0 Å². The lowest BCUT2D eigenvalue weighted by molar-refractivity contribution is -0.387. The molecule has 0 aromatic rings. The van der Waals surface area contributed by atoms with Gasteiger partial charge in [0.2, 0.25) is 5.79 Å². The molecule has 0 radical (unpaired) electrons. The van der Waals surface area contributed by atoms with E-state index in [2.05, 4.69) is 9.78 Å². The predicted octanol–water partition coefficient (Wildman–Crippen LogP) is 1.25. The molecular formula is C7H14O4. The molecule has 0 unspecified atom stereocenters. The van der Waals surface area contributed by atoms with Crippen molar-refractivity contribution in [2.24, 2.45) is 0 Å². The fourth-order valence-corrected chi connectivity index (χ4v) is 0.240. The largest absolute Gasteiger partial charge is 0.350 e. The van der Waals surface area contributed by atoms with E-state index in [-0.39, 0.29) is 0 Å². The molecule has 4 nitrogen and oxygen atoms in total.